The molecule has 2 rings (SSSR count). The van der Waals surface area contributed by atoms with Crippen molar-refractivity contribution < 1.29 is 55.1 Å². The second-order valence-electron chi connectivity index (χ2n) is 5.99. The Morgan fingerprint density at radius 1 is 0.833 bits per heavy atom. The van der Waals surface area contributed by atoms with Crippen molar-refractivity contribution in [3.8, 4) is 0 Å². The maximum atomic E-state index is 10.9. The van der Waals surface area contributed by atoms with Gasteiger partial charge in [-0.1, -0.05) is 0 Å². The highest BCUT2D eigenvalue weighted by molar-refractivity contribution is 5.11. The van der Waals surface area contributed by atoms with Gasteiger partial charge in [0.2, 0.25) is 0 Å². The van der Waals surface area contributed by atoms with Gasteiger partial charge in [-0.05, 0) is 0 Å². The lowest BCUT2D eigenvalue weighted by molar-refractivity contribution is -0.371. The Balaban J connectivity index is 2.40. The third kappa shape index (κ3) is 2.95. The molecule has 24 heavy (non-hydrogen) atoms. The molecule has 0 aliphatic carbocycles. The lowest BCUT2D eigenvalue weighted by Gasteiger charge is -2.54. The number of rotatable bonds is 4. The predicted molar refractivity (Wildman–Crippen MR) is 73.5 cm³/mol. The van der Waals surface area contributed by atoms with E-state index in [1.807, 2.05) is 0 Å². The van der Waals surface area contributed by atoms with Crippen LogP contribution in [0.2, 0.25) is 0 Å². The average molecular weight is 356 g/mol. The van der Waals surface area contributed by atoms with Gasteiger partial charge in [-0.2, -0.15) is 0 Å². The van der Waals surface area contributed by atoms with Crippen LogP contribution in [0.3, 0.4) is 0 Å². The van der Waals surface area contributed by atoms with Crippen molar-refractivity contribution in [2.45, 2.75) is 60.7 Å². The molecule has 0 bridgehead atoms. The summed E-state index contributed by atoms with van der Waals surface area (Å²) in [5, 5.41) is 79.8. The SMILES string of the molecule is CO[C@@H]1O[C@H](CO)[C@@H](O)[C@@](O)([C@@H]2O[C@H](CO)[C@H](O)[C@H](O)[C@H]2O)[C@H]1O. The summed E-state index contributed by atoms with van der Waals surface area (Å²) in [7, 11) is 1.15. The molecule has 0 aromatic carbocycles. The lowest BCUT2D eigenvalue weighted by Crippen LogP contribution is -2.77. The zero-order valence-electron chi connectivity index (χ0n) is 12.9. The first-order valence-corrected chi connectivity index (χ1v) is 7.42. The molecule has 11 heteroatoms. The number of aliphatic hydroxyl groups is 8. The molecule has 0 aromatic rings. The average Bonchev–Trinajstić information content (AvgIpc) is 2.58. The summed E-state index contributed by atoms with van der Waals surface area (Å²) in [5.41, 5.74) is -2.62. The largest absolute Gasteiger partial charge is 0.394 e. The summed E-state index contributed by atoms with van der Waals surface area (Å²) in [6.07, 6.45) is -15.3. The van der Waals surface area contributed by atoms with Gasteiger partial charge < -0.3 is 55.1 Å². The molecule has 0 radical (unpaired) electrons. The first-order chi connectivity index (χ1) is 11.2. The fourth-order valence-corrected chi connectivity index (χ4v) is 3.16. The van der Waals surface area contributed by atoms with Gasteiger partial charge >= 0.3 is 0 Å². The van der Waals surface area contributed by atoms with E-state index in [0.29, 0.717) is 0 Å². The van der Waals surface area contributed by atoms with E-state index in [1.54, 1.807) is 0 Å². The molecule has 2 aliphatic rings. The van der Waals surface area contributed by atoms with Gasteiger partial charge in [0, 0.05) is 7.11 Å². The highest BCUT2D eigenvalue weighted by Gasteiger charge is 2.64. The third-order valence-corrected chi connectivity index (χ3v) is 4.63. The van der Waals surface area contributed by atoms with Crippen LogP contribution in [0.4, 0.5) is 0 Å². The number of hydrogen-bond acceptors (Lipinski definition) is 11. The minimum absolute atomic E-state index is 0.743. The number of aliphatic hydroxyl groups excluding tert-OH is 7. The molecule has 2 saturated heterocycles. The first kappa shape index (κ1) is 19.9. The van der Waals surface area contributed by atoms with E-state index in [2.05, 4.69) is 0 Å². The summed E-state index contributed by atoms with van der Waals surface area (Å²) in [6.45, 7) is -1.50. The van der Waals surface area contributed by atoms with E-state index >= 15 is 0 Å². The van der Waals surface area contributed by atoms with Crippen LogP contribution >= 0.6 is 0 Å². The summed E-state index contributed by atoms with van der Waals surface area (Å²) in [5.74, 6) is 0. The summed E-state index contributed by atoms with van der Waals surface area (Å²) in [6, 6.07) is 0. The second-order valence-corrected chi connectivity index (χ2v) is 5.99. The number of ether oxygens (including phenoxy) is 3. The topological polar surface area (TPSA) is 190 Å². The van der Waals surface area contributed by atoms with E-state index < -0.39 is 73.9 Å². The number of hydrogen-bond donors (Lipinski definition) is 8. The van der Waals surface area contributed by atoms with Crippen LogP contribution in [-0.2, 0) is 14.2 Å². The Labute approximate surface area is 137 Å². The van der Waals surface area contributed by atoms with E-state index in [9.17, 15) is 40.9 Å². The molecule has 2 aliphatic heterocycles. The van der Waals surface area contributed by atoms with Crippen LogP contribution in [0.5, 0.6) is 0 Å². The Morgan fingerprint density at radius 3 is 1.92 bits per heavy atom. The monoisotopic (exact) mass is 356 g/mol. The van der Waals surface area contributed by atoms with Crippen molar-refractivity contribution in [3.63, 3.8) is 0 Å². The maximum absolute atomic E-state index is 10.9. The minimum Gasteiger partial charge on any atom is -0.394 e. The zero-order valence-corrected chi connectivity index (χ0v) is 12.9. The predicted octanol–water partition coefficient (Wildman–Crippen LogP) is -5.35. The van der Waals surface area contributed by atoms with Crippen LogP contribution in [-0.4, -0.2) is 122 Å². The molecule has 0 amide bonds. The van der Waals surface area contributed by atoms with E-state index in [4.69, 9.17) is 14.2 Å². The van der Waals surface area contributed by atoms with Crippen molar-refractivity contribution in [2.24, 2.45) is 0 Å². The fraction of sp³-hybridized carbons (Fsp3) is 1.00. The van der Waals surface area contributed by atoms with Gasteiger partial charge in [-0.15, -0.1) is 0 Å². The molecule has 2 fully saturated rings. The van der Waals surface area contributed by atoms with Gasteiger partial charge in [0.05, 0.1) is 13.2 Å². The summed E-state index contributed by atoms with van der Waals surface area (Å²) < 4.78 is 15.2. The van der Waals surface area contributed by atoms with E-state index in [1.165, 1.54) is 0 Å². The fourth-order valence-electron chi connectivity index (χ4n) is 3.16. The molecule has 0 saturated carbocycles. The standard InChI is InChI=1S/C13H24O11/c1-22-12-10(20)13(21,9(19)5(3-15)24-12)11-8(18)7(17)6(16)4(2-14)23-11/h4-12,14-21H,2-3H2,1H3/t4-,5-,6+,7+,8-,9-,10+,11-,12-,13+/m1/s1. The molecular formula is C13H24O11. The van der Waals surface area contributed by atoms with Gasteiger partial charge in [-0.3, -0.25) is 0 Å². The lowest BCUT2D eigenvalue weighted by atomic mass is 9.74. The molecule has 8 N–H and O–H groups in total. The molecule has 0 unspecified atom stereocenters. The van der Waals surface area contributed by atoms with Crippen molar-refractivity contribution in [3.05, 3.63) is 0 Å². The third-order valence-electron chi connectivity index (χ3n) is 4.63. The van der Waals surface area contributed by atoms with Gasteiger partial charge in [0.1, 0.15) is 48.8 Å². The first-order valence-electron chi connectivity index (χ1n) is 7.42. The second kappa shape index (κ2) is 7.43. The molecule has 0 spiro atoms. The number of methoxy groups -OCH3 is 1. The van der Waals surface area contributed by atoms with Crippen LogP contribution < -0.4 is 0 Å². The Kier molecular flexibility index (Phi) is 6.16. The summed E-state index contributed by atoms with van der Waals surface area (Å²) in [4.78, 5) is 0. The molecule has 11 nitrogen and oxygen atoms in total. The Morgan fingerprint density at radius 2 is 1.42 bits per heavy atom. The van der Waals surface area contributed by atoms with Crippen LogP contribution in [0.15, 0.2) is 0 Å². The highest BCUT2D eigenvalue weighted by Crippen LogP contribution is 2.39. The molecule has 2 heterocycles. The van der Waals surface area contributed by atoms with Crippen LogP contribution in [0.1, 0.15) is 0 Å². The Bertz CT molecular complexity index is 403. The van der Waals surface area contributed by atoms with Gasteiger partial charge in [0.15, 0.2) is 11.9 Å². The normalized spacial score (nSPS) is 53.1. The van der Waals surface area contributed by atoms with Crippen LogP contribution in [0.25, 0.3) is 0 Å². The zero-order chi connectivity index (χ0) is 18.2. The van der Waals surface area contributed by atoms with Gasteiger partial charge in [0.25, 0.3) is 0 Å². The molecular weight excluding hydrogens is 332 g/mol. The maximum Gasteiger partial charge on any atom is 0.186 e. The summed E-state index contributed by atoms with van der Waals surface area (Å²) >= 11 is 0. The molecule has 0 aromatic heterocycles. The quantitative estimate of drug-likeness (QED) is 0.240. The van der Waals surface area contributed by atoms with Crippen LogP contribution in [0, 0.1) is 0 Å². The molecule has 142 valence electrons. The molecule has 10 atom stereocenters. The van der Waals surface area contributed by atoms with Crippen molar-refractivity contribution in [1.29, 1.82) is 0 Å². The van der Waals surface area contributed by atoms with E-state index in [-0.39, 0.29) is 0 Å². The smallest absolute Gasteiger partial charge is 0.186 e. The van der Waals surface area contributed by atoms with Crippen molar-refractivity contribution in [2.75, 3.05) is 20.3 Å². The van der Waals surface area contributed by atoms with Crippen molar-refractivity contribution in [1.82, 2.24) is 0 Å². The Hall–Kier alpha value is -0.440. The van der Waals surface area contributed by atoms with E-state index in [0.717, 1.165) is 7.11 Å². The van der Waals surface area contributed by atoms with Crippen molar-refractivity contribution >= 4 is 0 Å². The minimum atomic E-state index is -2.62. The van der Waals surface area contributed by atoms with Gasteiger partial charge in [-0.25, -0.2) is 0 Å². The highest BCUT2D eigenvalue weighted by atomic mass is 16.7.